The van der Waals surface area contributed by atoms with E-state index in [4.69, 9.17) is 5.11 Å². The number of carboxylic acids is 1. The molecule has 0 bridgehead atoms. The molecule has 0 aromatic heterocycles. The van der Waals surface area contributed by atoms with E-state index >= 15 is 0 Å². The average molecular weight is 214 g/mol. The smallest absolute Gasteiger partial charge is 0.304 e. The molecule has 1 saturated heterocycles. The first-order valence-electron chi connectivity index (χ1n) is 5.76. The molecule has 1 heterocycles. The lowest BCUT2D eigenvalue weighted by molar-refractivity contribution is -0.138. The predicted octanol–water partition coefficient (Wildman–Crippen LogP) is 0.781. The van der Waals surface area contributed by atoms with Crippen LogP contribution in [-0.4, -0.2) is 48.2 Å². The predicted molar refractivity (Wildman–Crippen MR) is 59.9 cm³/mol. The Hall–Kier alpha value is -0.610. The van der Waals surface area contributed by atoms with Gasteiger partial charge >= 0.3 is 5.97 Å². The van der Waals surface area contributed by atoms with Crippen molar-refractivity contribution in [3.05, 3.63) is 0 Å². The van der Waals surface area contributed by atoms with Gasteiger partial charge in [0.1, 0.15) is 0 Å². The van der Waals surface area contributed by atoms with Crippen molar-refractivity contribution in [1.29, 1.82) is 0 Å². The topological polar surface area (TPSA) is 52.6 Å². The van der Waals surface area contributed by atoms with Crippen LogP contribution in [0, 0.1) is 5.92 Å². The lowest BCUT2D eigenvalue weighted by atomic mass is 9.99. The van der Waals surface area contributed by atoms with Crippen LogP contribution in [0.25, 0.3) is 0 Å². The second-order valence-corrected chi connectivity index (χ2v) is 4.67. The van der Waals surface area contributed by atoms with Gasteiger partial charge in [-0.05, 0) is 12.3 Å². The van der Waals surface area contributed by atoms with Gasteiger partial charge in [0.25, 0.3) is 0 Å². The summed E-state index contributed by atoms with van der Waals surface area (Å²) in [6, 6.07) is 0.213. The zero-order valence-electron chi connectivity index (χ0n) is 9.70. The van der Waals surface area contributed by atoms with Gasteiger partial charge in [-0.3, -0.25) is 9.69 Å². The van der Waals surface area contributed by atoms with E-state index in [1.807, 2.05) is 0 Å². The summed E-state index contributed by atoms with van der Waals surface area (Å²) >= 11 is 0. The number of rotatable bonds is 5. The summed E-state index contributed by atoms with van der Waals surface area (Å²) < 4.78 is 0. The van der Waals surface area contributed by atoms with Gasteiger partial charge in [0.05, 0.1) is 6.42 Å². The lowest BCUT2D eigenvalue weighted by Crippen LogP contribution is -2.49. The number of hydrogen-bond acceptors (Lipinski definition) is 3. The summed E-state index contributed by atoms with van der Waals surface area (Å²) in [7, 11) is 0. The molecule has 4 nitrogen and oxygen atoms in total. The minimum atomic E-state index is -0.681. The fourth-order valence-corrected chi connectivity index (χ4v) is 2.15. The highest BCUT2D eigenvalue weighted by atomic mass is 16.4. The van der Waals surface area contributed by atoms with Gasteiger partial charge in [0.2, 0.25) is 0 Å². The highest BCUT2D eigenvalue weighted by molar-refractivity contribution is 5.67. The van der Waals surface area contributed by atoms with Crippen LogP contribution in [0.15, 0.2) is 0 Å². The Balaban J connectivity index is 2.48. The molecule has 0 aromatic carbocycles. The zero-order chi connectivity index (χ0) is 11.3. The molecule has 1 fully saturated rings. The van der Waals surface area contributed by atoms with Crippen molar-refractivity contribution in [3.63, 3.8) is 0 Å². The molecule has 2 N–H and O–H groups in total. The van der Waals surface area contributed by atoms with Crippen LogP contribution in [-0.2, 0) is 4.79 Å². The highest BCUT2D eigenvalue weighted by Gasteiger charge is 2.23. The first-order chi connectivity index (χ1) is 7.09. The lowest BCUT2D eigenvalue weighted by Gasteiger charge is -2.35. The van der Waals surface area contributed by atoms with E-state index in [0.717, 1.165) is 32.6 Å². The Labute approximate surface area is 91.6 Å². The van der Waals surface area contributed by atoms with E-state index in [1.54, 1.807) is 0 Å². The Morgan fingerprint density at radius 2 is 2.00 bits per heavy atom. The molecule has 0 amide bonds. The quantitative estimate of drug-likeness (QED) is 0.710. The van der Waals surface area contributed by atoms with Crippen LogP contribution in [0.2, 0.25) is 0 Å². The number of hydrogen-bond donors (Lipinski definition) is 2. The van der Waals surface area contributed by atoms with Gasteiger partial charge in [-0.2, -0.15) is 0 Å². The maximum atomic E-state index is 10.8. The van der Waals surface area contributed by atoms with Crippen molar-refractivity contribution in [2.24, 2.45) is 5.92 Å². The van der Waals surface area contributed by atoms with Crippen LogP contribution in [0.1, 0.15) is 26.7 Å². The molecule has 1 atom stereocenters. The van der Waals surface area contributed by atoms with Crippen LogP contribution >= 0.6 is 0 Å². The zero-order valence-corrected chi connectivity index (χ0v) is 9.70. The third kappa shape index (κ3) is 4.62. The maximum Gasteiger partial charge on any atom is 0.304 e. The summed E-state index contributed by atoms with van der Waals surface area (Å²) in [5, 5.41) is 12.2. The molecule has 1 unspecified atom stereocenters. The minimum Gasteiger partial charge on any atom is -0.481 e. The molecule has 15 heavy (non-hydrogen) atoms. The molecule has 0 aliphatic carbocycles. The van der Waals surface area contributed by atoms with Crippen LogP contribution in [0.4, 0.5) is 0 Å². The largest absolute Gasteiger partial charge is 0.481 e. The maximum absolute atomic E-state index is 10.8. The Bertz CT molecular complexity index is 201. The summed E-state index contributed by atoms with van der Waals surface area (Å²) in [4.78, 5) is 13.1. The molecule has 88 valence electrons. The number of carboxylic acid groups (broad SMARTS) is 1. The monoisotopic (exact) mass is 214 g/mol. The number of nitrogens with zero attached hydrogens (tertiary/aromatic N) is 1. The number of aliphatic carboxylic acids is 1. The fraction of sp³-hybridized carbons (Fsp3) is 0.909. The van der Waals surface area contributed by atoms with E-state index in [0.29, 0.717) is 5.92 Å². The summed E-state index contributed by atoms with van der Waals surface area (Å²) in [5.74, 6) is -0.122. The van der Waals surface area contributed by atoms with Crippen LogP contribution in [0.5, 0.6) is 0 Å². The third-order valence-electron chi connectivity index (χ3n) is 2.82. The van der Waals surface area contributed by atoms with Crippen molar-refractivity contribution in [2.45, 2.75) is 32.7 Å². The molecule has 0 aromatic rings. The van der Waals surface area contributed by atoms with Gasteiger partial charge in [-0.15, -0.1) is 0 Å². The first-order valence-corrected chi connectivity index (χ1v) is 5.76. The SMILES string of the molecule is CC(C)CC(CC(=O)O)N1CCNCC1. The van der Waals surface area contributed by atoms with E-state index in [-0.39, 0.29) is 12.5 Å². The third-order valence-corrected chi connectivity index (χ3v) is 2.82. The number of carbonyl (C=O) groups is 1. The minimum absolute atomic E-state index is 0.213. The van der Waals surface area contributed by atoms with Gasteiger partial charge in [-0.25, -0.2) is 0 Å². The van der Waals surface area contributed by atoms with Crippen molar-refractivity contribution in [1.82, 2.24) is 10.2 Å². The van der Waals surface area contributed by atoms with Gasteiger partial charge in [0, 0.05) is 32.2 Å². The van der Waals surface area contributed by atoms with E-state index in [1.165, 1.54) is 0 Å². The van der Waals surface area contributed by atoms with Crippen molar-refractivity contribution in [3.8, 4) is 0 Å². The average Bonchev–Trinajstić information content (AvgIpc) is 2.17. The molecule has 0 spiro atoms. The number of nitrogens with one attached hydrogen (secondary N) is 1. The Morgan fingerprint density at radius 3 is 2.47 bits per heavy atom. The molecular weight excluding hydrogens is 192 g/mol. The van der Waals surface area contributed by atoms with Crippen LogP contribution in [0.3, 0.4) is 0 Å². The molecule has 1 rings (SSSR count). The summed E-state index contributed by atoms with van der Waals surface area (Å²) in [5.41, 5.74) is 0. The van der Waals surface area contributed by atoms with Crippen molar-refractivity contribution < 1.29 is 9.90 Å². The van der Waals surface area contributed by atoms with E-state index in [9.17, 15) is 4.79 Å². The Morgan fingerprint density at radius 1 is 1.40 bits per heavy atom. The molecule has 0 radical (unpaired) electrons. The second kappa shape index (κ2) is 6.08. The number of piperazine rings is 1. The Kier molecular flexibility index (Phi) is 5.05. The van der Waals surface area contributed by atoms with E-state index in [2.05, 4.69) is 24.1 Å². The van der Waals surface area contributed by atoms with Gasteiger partial charge < -0.3 is 10.4 Å². The summed E-state index contributed by atoms with van der Waals surface area (Å²) in [6.07, 6.45) is 1.25. The highest BCUT2D eigenvalue weighted by Crippen LogP contribution is 2.15. The van der Waals surface area contributed by atoms with Crippen molar-refractivity contribution in [2.75, 3.05) is 26.2 Å². The van der Waals surface area contributed by atoms with Crippen molar-refractivity contribution >= 4 is 5.97 Å². The van der Waals surface area contributed by atoms with Gasteiger partial charge in [0.15, 0.2) is 0 Å². The normalized spacial score (nSPS) is 20.5. The second-order valence-electron chi connectivity index (χ2n) is 4.67. The van der Waals surface area contributed by atoms with Crippen LogP contribution < -0.4 is 5.32 Å². The van der Waals surface area contributed by atoms with E-state index < -0.39 is 5.97 Å². The summed E-state index contributed by atoms with van der Waals surface area (Å²) in [6.45, 7) is 8.21. The molecule has 4 heteroatoms. The molecular formula is C11H22N2O2. The first kappa shape index (κ1) is 12.5. The van der Waals surface area contributed by atoms with Gasteiger partial charge in [-0.1, -0.05) is 13.8 Å². The standard InChI is InChI=1S/C11H22N2O2/c1-9(2)7-10(8-11(14)15)13-5-3-12-4-6-13/h9-10,12H,3-8H2,1-2H3,(H,14,15). The molecule has 1 aliphatic heterocycles. The molecule has 0 saturated carbocycles. The fourth-order valence-electron chi connectivity index (χ4n) is 2.15. The molecule has 1 aliphatic rings.